The zero-order valence-electron chi connectivity index (χ0n) is 33.2. The van der Waals surface area contributed by atoms with Crippen LogP contribution in [-0.2, 0) is 6.42 Å². The first-order valence-electron chi connectivity index (χ1n) is 22.5. The van der Waals surface area contributed by atoms with Crippen molar-refractivity contribution in [1.82, 2.24) is 4.57 Å². The molecule has 6 aliphatic carbocycles. The first-order valence-corrected chi connectivity index (χ1v) is 22.5. The number of aromatic nitrogens is 1. The summed E-state index contributed by atoms with van der Waals surface area (Å²) in [5.41, 5.74) is 16.4. The summed E-state index contributed by atoms with van der Waals surface area (Å²) in [7, 11) is 0. The van der Waals surface area contributed by atoms with Gasteiger partial charge in [0.25, 0.3) is 0 Å². The Balaban J connectivity index is 0.963. The van der Waals surface area contributed by atoms with Crippen LogP contribution in [0.25, 0.3) is 33.7 Å². The summed E-state index contributed by atoms with van der Waals surface area (Å²) in [6.45, 7) is 0. The average Bonchev–Trinajstić information content (AvgIpc) is 3.79. The molecule has 2 nitrogen and oxygen atoms in total. The summed E-state index contributed by atoms with van der Waals surface area (Å²) >= 11 is 0. The molecule has 0 amide bonds. The van der Waals surface area contributed by atoms with E-state index in [0.29, 0.717) is 23.9 Å². The number of allylic oxidation sites excluding steroid dienone is 10. The molecular formula is C54H58N2. The van der Waals surface area contributed by atoms with Gasteiger partial charge in [0.05, 0.1) is 6.04 Å². The van der Waals surface area contributed by atoms with Gasteiger partial charge >= 0.3 is 0 Å². The van der Waals surface area contributed by atoms with Gasteiger partial charge in [0.15, 0.2) is 0 Å². The minimum absolute atomic E-state index is 0.360. The first kappa shape index (κ1) is 34.7. The molecule has 0 fully saturated rings. The molecule has 1 aliphatic heterocycles. The van der Waals surface area contributed by atoms with Gasteiger partial charge in [-0.2, -0.15) is 0 Å². The standard InChI is InChI=1S/C54H58N2/c1-4-15-37(16-5-1)40-21-14-22-45(32-40)55-51-25-12-10-23-47(51)49-35-41(27-29-53(49)55)42-28-30-54-50(36-42)48-24-11-13-26-52(48)56(54)46-33-43(38-17-6-2-7-18-38)31-44(34-46)39-19-8-3-9-20-39/h2,4,6-7,10-11,15,17-19,22-24,27-30,33,35-37,40,44,46-47,51H,1,3,5,8-9,12-14,16,20-21,25-26,31-32,34H2. The highest BCUT2D eigenvalue weighted by Gasteiger charge is 2.41. The number of benzene rings is 3. The molecule has 0 N–H and O–H groups in total. The molecule has 56 heavy (non-hydrogen) atoms. The van der Waals surface area contributed by atoms with Crippen LogP contribution in [0.4, 0.5) is 5.69 Å². The van der Waals surface area contributed by atoms with E-state index in [0.717, 1.165) is 24.7 Å². The second-order valence-electron chi connectivity index (χ2n) is 18.2. The van der Waals surface area contributed by atoms with Gasteiger partial charge in [-0.15, -0.1) is 0 Å². The molecule has 4 aromatic rings. The predicted octanol–water partition coefficient (Wildman–Crippen LogP) is 14.5. The van der Waals surface area contributed by atoms with Crippen molar-refractivity contribution in [1.29, 1.82) is 0 Å². The van der Waals surface area contributed by atoms with Crippen LogP contribution >= 0.6 is 0 Å². The Morgan fingerprint density at radius 1 is 0.661 bits per heavy atom. The van der Waals surface area contributed by atoms with Crippen molar-refractivity contribution in [2.45, 2.75) is 121 Å². The van der Waals surface area contributed by atoms with Crippen molar-refractivity contribution in [2.75, 3.05) is 4.90 Å². The molecule has 0 saturated carbocycles. The molecule has 2 heteroatoms. The lowest BCUT2D eigenvalue weighted by atomic mass is 9.76. The van der Waals surface area contributed by atoms with E-state index in [9.17, 15) is 0 Å². The third-order valence-corrected chi connectivity index (χ3v) is 15.0. The van der Waals surface area contributed by atoms with E-state index >= 15 is 0 Å². The fourth-order valence-electron chi connectivity index (χ4n) is 12.3. The van der Waals surface area contributed by atoms with Crippen LogP contribution in [0.15, 0.2) is 127 Å². The monoisotopic (exact) mass is 734 g/mol. The van der Waals surface area contributed by atoms with Crippen LogP contribution in [0, 0.1) is 17.8 Å². The molecule has 0 radical (unpaired) electrons. The number of fused-ring (bicyclic) bond motifs is 6. The molecule has 1 aromatic heterocycles. The van der Waals surface area contributed by atoms with Crippen LogP contribution in [0.1, 0.15) is 131 Å². The van der Waals surface area contributed by atoms with E-state index in [2.05, 4.69) is 131 Å². The van der Waals surface area contributed by atoms with Gasteiger partial charge < -0.3 is 9.47 Å². The average molecular weight is 735 g/mol. The number of hydrogen-bond acceptors (Lipinski definition) is 1. The predicted molar refractivity (Wildman–Crippen MR) is 237 cm³/mol. The van der Waals surface area contributed by atoms with E-state index < -0.39 is 0 Å². The molecule has 7 aliphatic rings. The second-order valence-corrected chi connectivity index (χ2v) is 18.2. The Labute approximate surface area is 335 Å². The van der Waals surface area contributed by atoms with Crippen LogP contribution in [-0.4, -0.2) is 10.6 Å². The van der Waals surface area contributed by atoms with Crippen LogP contribution < -0.4 is 4.90 Å². The molecule has 6 unspecified atom stereocenters. The zero-order chi connectivity index (χ0) is 37.0. The van der Waals surface area contributed by atoms with Crippen molar-refractivity contribution in [3.05, 3.63) is 149 Å². The van der Waals surface area contributed by atoms with Gasteiger partial charge in [0, 0.05) is 45.5 Å². The molecule has 0 saturated heterocycles. The highest BCUT2D eigenvalue weighted by Crippen LogP contribution is 2.51. The molecule has 284 valence electrons. The molecule has 0 bridgehead atoms. The summed E-state index contributed by atoms with van der Waals surface area (Å²) < 4.78 is 2.78. The van der Waals surface area contributed by atoms with Crippen LogP contribution in [0.2, 0.25) is 0 Å². The zero-order valence-corrected chi connectivity index (χ0v) is 33.2. The van der Waals surface area contributed by atoms with Gasteiger partial charge in [-0.25, -0.2) is 0 Å². The maximum atomic E-state index is 2.81. The van der Waals surface area contributed by atoms with Gasteiger partial charge in [-0.05, 0) is 173 Å². The Kier molecular flexibility index (Phi) is 9.13. The van der Waals surface area contributed by atoms with Crippen molar-refractivity contribution in [2.24, 2.45) is 17.8 Å². The highest BCUT2D eigenvalue weighted by atomic mass is 15.2. The van der Waals surface area contributed by atoms with Gasteiger partial charge in [-0.1, -0.05) is 103 Å². The first-order chi connectivity index (χ1) is 27.8. The Hall–Kier alpha value is -4.56. The van der Waals surface area contributed by atoms with E-state index in [4.69, 9.17) is 0 Å². The summed E-state index contributed by atoms with van der Waals surface area (Å²) in [4.78, 5) is 2.81. The topological polar surface area (TPSA) is 8.17 Å². The summed E-state index contributed by atoms with van der Waals surface area (Å²) in [5, 5.41) is 1.43. The largest absolute Gasteiger partial charge is 0.341 e. The lowest BCUT2D eigenvalue weighted by Crippen LogP contribution is -2.36. The van der Waals surface area contributed by atoms with Crippen molar-refractivity contribution in [3.8, 4) is 11.1 Å². The summed E-state index contributed by atoms with van der Waals surface area (Å²) in [6, 6.07) is 27.1. The van der Waals surface area contributed by atoms with Crippen LogP contribution in [0.3, 0.4) is 0 Å². The van der Waals surface area contributed by atoms with Crippen molar-refractivity contribution >= 4 is 28.2 Å². The lowest BCUT2D eigenvalue weighted by molar-refractivity contribution is 0.320. The van der Waals surface area contributed by atoms with Crippen LogP contribution in [0.5, 0.6) is 0 Å². The summed E-state index contributed by atoms with van der Waals surface area (Å²) in [5.74, 6) is 2.64. The Bertz CT molecular complexity index is 2320. The molecule has 0 spiro atoms. The lowest BCUT2D eigenvalue weighted by Gasteiger charge is -2.38. The van der Waals surface area contributed by atoms with Gasteiger partial charge in [0.1, 0.15) is 0 Å². The minimum atomic E-state index is 0.360. The fourth-order valence-corrected chi connectivity index (χ4v) is 12.3. The molecule has 2 heterocycles. The number of hydrogen-bond donors (Lipinski definition) is 0. The van der Waals surface area contributed by atoms with Crippen molar-refractivity contribution < 1.29 is 0 Å². The molecule has 3 aromatic carbocycles. The SMILES string of the molecule is C1=CC(C2CCC=C(N3c4ccc(-c5ccc6c(c5)c5c(n6C6C=C(c7ccccc7)CC(C7=CCCCC7)C6)CCC=C5)cc4C4C=CCCC43)C2)CCC1. The van der Waals surface area contributed by atoms with Gasteiger partial charge in [-0.3, -0.25) is 0 Å². The smallest absolute Gasteiger partial charge is 0.0531 e. The third-order valence-electron chi connectivity index (χ3n) is 15.0. The Morgan fingerprint density at radius 3 is 2.46 bits per heavy atom. The van der Waals surface area contributed by atoms with E-state index in [1.165, 1.54) is 146 Å². The number of nitrogens with zero attached hydrogens (tertiary/aromatic N) is 2. The van der Waals surface area contributed by atoms with E-state index in [1.807, 2.05) is 0 Å². The molecular weight excluding hydrogens is 677 g/mol. The second kappa shape index (κ2) is 14.7. The minimum Gasteiger partial charge on any atom is -0.341 e. The maximum Gasteiger partial charge on any atom is 0.0531 e. The Morgan fingerprint density at radius 2 is 1.57 bits per heavy atom. The molecule has 11 rings (SSSR count). The fraction of sp³-hybridized carbons (Fsp3) is 0.407. The summed E-state index contributed by atoms with van der Waals surface area (Å²) in [6.07, 6.45) is 42.8. The van der Waals surface area contributed by atoms with Gasteiger partial charge in [0.2, 0.25) is 0 Å². The number of rotatable bonds is 6. The highest BCUT2D eigenvalue weighted by molar-refractivity contribution is 5.95. The molecule has 6 atom stereocenters. The maximum absolute atomic E-state index is 2.81. The van der Waals surface area contributed by atoms with Crippen molar-refractivity contribution in [3.63, 3.8) is 0 Å². The normalized spacial score (nSPS) is 28.4. The number of anilines is 1. The quantitative estimate of drug-likeness (QED) is 0.179. The van der Waals surface area contributed by atoms with E-state index in [-0.39, 0.29) is 0 Å². The van der Waals surface area contributed by atoms with E-state index in [1.54, 1.807) is 11.3 Å². The third kappa shape index (κ3) is 6.14.